The molecular formula is C16H18N3+. The first kappa shape index (κ1) is 11.9. The Morgan fingerprint density at radius 3 is 2.58 bits per heavy atom. The highest BCUT2D eigenvalue weighted by molar-refractivity contribution is 5.71. The van der Waals surface area contributed by atoms with Gasteiger partial charge in [-0.15, -0.1) is 0 Å². The molecule has 3 rings (SSSR count). The molecule has 0 amide bonds. The Balaban J connectivity index is 2.14. The first-order valence-corrected chi connectivity index (χ1v) is 6.52. The minimum absolute atomic E-state index is 0.779. The molecule has 0 fully saturated rings. The lowest BCUT2D eigenvalue weighted by Gasteiger charge is -2.23. The Morgan fingerprint density at radius 2 is 1.84 bits per heavy atom. The second-order valence-electron chi connectivity index (χ2n) is 5.12. The average Bonchev–Trinajstić information content (AvgIpc) is 2.38. The van der Waals surface area contributed by atoms with E-state index in [0.717, 1.165) is 18.0 Å². The molecule has 3 heteroatoms. The normalized spacial score (nSPS) is 14.1. The van der Waals surface area contributed by atoms with Crippen LogP contribution in [0.2, 0.25) is 0 Å². The van der Waals surface area contributed by atoms with Crippen LogP contribution in [0.1, 0.15) is 11.1 Å². The predicted octanol–water partition coefficient (Wildman–Crippen LogP) is 4.14. The van der Waals surface area contributed by atoms with Crippen molar-refractivity contribution in [3.05, 3.63) is 53.6 Å². The summed E-state index contributed by atoms with van der Waals surface area (Å²) in [6.45, 7) is 5.04. The summed E-state index contributed by atoms with van der Waals surface area (Å²) in [6, 6.07) is 14.6. The molecule has 2 aromatic carbocycles. The molecule has 96 valence electrons. The van der Waals surface area contributed by atoms with Gasteiger partial charge in [0, 0.05) is 24.3 Å². The third-order valence-electron chi connectivity index (χ3n) is 3.44. The fourth-order valence-electron chi connectivity index (χ4n) is 2.68. The summed E-state index contributed by atoms with van der Waals surface area (Å²) in [5.74, 6) is 0. The molecule has 19 heavy (non-hydrogen) atoms. The number of fused-ring (bicyclic) bond motifs is 1. The van der Waals surface area contributed by atoms with Gasteiger partial charge in [-0.3, -0.25) is 0 Å². The van der Waals surface area contributed by atoms with E-state index in [1.165, 1.54) is 16.8 Å². The Morgan fingerprint density at radius 1 is 1.11 bits per heavy atom. The molecule has 1 aliphatic rings. The SMILES string of the molecule is Cc1cc(C)c2c(c1)N=[N+](c1ccccc1)CN2C. The van der Waals surface area contributed by atoms with E-state index in [4.69, 9.17) is 5.11 Å². The van der Waals surface area contributed by atoms with Crippen molar-refractivity contribution in [1.82, 2.24) is 0 Å². The van der Waals surface area contributed by atoms with Gasteiger partial charge in [-0.25, -0.2) is 0 Å². The molecule has 0 saturated carbocycles. The van der Waals surface area contributed by atoms with Crippen molar-refractivity contribution < 1.29 is 4.70 Å². The zero-order chi connectivity index (χ0) is 13.4. The van der Waals surface area contributed by atoms with Crippen LogP contribution in [0, 0.1) is 13.8 Å². The van der Waals surface area contributed by atoms with Gasteiger partial charge < -0.3 is 4.90 Å². The molecule has 0 saturated heterocycles. The number of rotatable bonds is 1. The van der Waals surface area contributed by atoms with Gasteiger partial charge in [0.1, 0.15) is 0 Å². The van der Waals surface area contributed by atoms with Crippen LogP contribution in [0.5, 0.6) is 0 Å². The van der Waals surface area contributed by atoms with Crippen LogP contribution in [0.4, 0.5) is 17.1 Å². The monoisotopic (exact) mass is 252 g/mol. The summed E-state index contributed by atoms with van der Waals surface area (Å²) in [4.78, 5) is 2.25. The molecule has 0 aliphatic carbocycles. The van der Waals surface area contributed by atoms with Gasteiger partial charge in [-0.1, -0.05) is 29.0 Å². The smallest absolute Gasteiger partial charge is 0.250 e. The second-order valence-corrected chi connectivity index (χ2v) is 5.12. The fraction of sp³-hybridized carbons (Fsp3) is 0.250. The third-order valence-corrected chi connectivity index (χ3v) is 3.44. The first-order valence-electron chi connectivity index (χ1n) is 6.52. The molecule has 1 heterocycles. The van der Waals surface area contributed by atoms with Gasteiger partial charge in [0.05, 0.1) is 5.69 Å². The summed E-state index contributed by atoms with van der Waals surface area (Å²) in [6.07, 6.45) is 0. The van der Waals surface area contributed by atoms with Crippen LogP contribution in [0.15, 0.2) is 47.6 Å². The molecule has 0 unspecified atom stereocenters. The number of hydrogen-bond acceptors (Lipinski definition) is 2. The van der Waals surface area contributed by atoms with E-state index in [0.29, 0.717) is 0 Å². The molecule has 2 aromatic rings. The Kier molecular flexibility index (Phi) is 2.82. The van der Waals surface area contributed by atoms with Crippen LogP contribution in [0.3, 0.4) is 0 Å². The summed E-state index contributed by atoms with van der Waals surface area (Å²) in [5.41, 5.74) is 5.95. The zero-order valence-electron chi connectivity index (χ0n) is 11.6. The number of nitrogens with zero attached hydrogens (tertiary/aromatic N) is 3. The van der Waals surface area contributed by atoms with Crippen LogP contribution >= 0.6 is 0 Å². The molecule has 1 aliphatic heterocycles. The van der Waals surface area contributed by atoms with Crippen molar-refractivity contribution in [1.29, 1.82) is 0 Å². The van der Waals surface area contributed by atoms with E-state index in [1.807, 2.05) is 22.9 Å². The van der Waals surface area contributed by atoms with E-state index in [1.54, 1.807) is 0 Å². The second kappa shape index (κ2) is 4.50. The van der Waals surface area contributed by atoms with Crippen LogP contribution in [0.25, 0.3) is 0 Å². The van der Waals surface area contributed by atoms with Crippen LogP contribution < -0.4 is 4.90 Å². The maximum Gasteiger partial charge on any atom is 0.250 e. The summed E-state index contributed by atoms with van der Waals surface area (Å²) < 4.78 is 2.04. The lowest BCUT2D eigenvalue weighted by Crippen LogP contribution is -2.29. The molecule has 3 nitrogen and oxygen atoms in total. The van der Waals surface area contributed by atoms with Gasteiger partial charge in [0.15, 0.2) is 5.69 Å². The Hall–Kier alpha value is -2.16. The van der Waals surface area contributed by atoms with Crippen molar-refractivity contribution in [2.45, 2.75) is 13.8 Å². The van der Waals surface area contributed by atoms with Crippen molar-refractivity contribution in [2.75, 3.05) is 18.6 Å². The van der Waals surface area contributed by atoms with Crippen molar-refractivity contribution in [2.24, 2.45) is 5.11 Å². The largest absolute Gasteiger partial charge is 0.315 e. The lowest BCUT2D eigenvalue weighted by molar-refractivity contribution is -0.509. The van der Waals surface area contributed by atoms with E-state index in [9.17, 15) is 0 Å². The maximum atomic E-state index is 4.78. The van der Waals surface area contributed by atoms with Crippen molar-refractivity contribution >= 4 is 17.1 Å². The number of azo groups is 2. The summed E-state index contributed by atoms with van der Waals surface area (Å²) >= 11 is 0. The zero-order valence-corrected chi connectivity index (χ0v) is 11.6. The number of benzene rings is 2. The lowest BCUT2D eigenvalue weighted by atomic mass is 10.1. The first-order chi connectivity index (χ1) is 9.15. The molecular weight excluding hydrogens is 234 g/mol. The minimum Gasteiger partial charge on any atom is -0.315 e. The van der Waals surface area contributed by atoms with Gasteiger partial charge in [0.2, 0.25) is 5.69 Å². The van der Waals surface area contributed by atoms with E-state index in [2.05, 4.69) is 50.1 Å². The number of anilines is 1. The van der Waals surface area contributed by atoms with E-state index >= 15 is 0 Å². The van der Waals surface area contributed by atoms with Gasteiger partial charge in [-0.05, 0) is 31.0 Å². The van der Waals surface area contributed by atoms with Crippen molar-refractivity contribution in [3.63, 3.8) is 0 Å². The van der Waals surface area contributed by atoms with Crippen LogP contribution in [-0.2, 0) is 0 Å². The summed E-state index contributed by atoms with van der Waals surface area (Å²) in [7, 11) is 2.12. The standard InChI is InChI=1S/C16H18N3/c1-12-9-13(2)16-15(10-12)17-19(11-18(16)3)14-7-5-4-6-8-14/h4-10H,11H2,1-3H3/q+1. The number of hydrogen-bond donors (Lipinski definition) is 0. The Labute approximate surface area is 113 Å². The minimum atomic E-state index is 0.779. The number of para-hydroxylation sites is 1. The molecule has 0 radical (unpaired) electrons. The average molecular weight is 252 g/mol. The van der Waals surface area contributed by atoms with Gasteiger partial charge >= 0.3 is 0 Å². The van der Waals surface area contributed by atoms with E-state index < -0.39 is 0 Å². The third kappa shape index (κ3) is 2.12. The fourth-order valence-corrected chi connectivity index (χ4v) is 2.68. The highest BCUT2D eigenvalue weighted by atomic mass is 15.4. The molecule has 0 aromatic heterocycles. The highest BCUT2D eigenvalue weighted by Crippen LogP contribution is 2.36. The predicted molar refractivity (Wildman–Crippen MR) is 77.6 cm³/mol. The Bertz CT molecular complexity index is 645. The summed E-state index contributed by atoms with van der Waals surface area (Å²) in [5, 5.41) is 4.78. The molecule has 0 N–H and O–H groups in total. The quantitative estimate of drug-likeness (QED) is 0.698. The molecule has 0 bridgehead atoms. The van der Waals surface area contributed by atoms with E-state index in [-0.39, 0.29) is 0 Å². The number of aryl methyl sites for hydroxylation is 2. The molecule has 0 spiro atoms. The van der Waals surface area contributed by atoms with Crippen LogP contribution in [-0.4, -0.2) is 18.4 Å². The molecule has 0 atom stereocenters. The van der Waals surface area contributed by atoms with Crippen molar-refractivity contribution in [3.8, 4) is 0 Å². The van der Waals surface area contributed by atoms with Gasteiger partial charge in [0.25, 0.3) is 6.67 Å². The maximum absolute atomic E-state index is 4.78. The highest BCUT2D eigenvalue weighted by Gasteiger charge is 2.25. The van der Waals surface area contributed by atoms with Gasteiger partial charge in [-0.2, -0.15) is 0 Å². The topological polar surface area (TPSA) is 18.6 Å².